The molecule has 1 aromatic carbocycles. The number of likely N-dealkylation sites (N-methyl/N-ethyl adjacent to an activating group) is 1. The minimum Gasteiger partial charge on any atom is -0.444 e. The number of amides is 4. The summed E-state index contributed by atoms with van der Waals surface area (Å²) in [5.74, 6) is -4.63. The number of halogens is 3. The summed E-state index contributed by atoms with van der Waals surface area (Å²) in [6.07, 6.45) is -5.65. The van der Waals surface area contributed by atoms with Crippen molar-refractivity contribution in [3.05, 3.63) is 45.9 Å². The number of carbonyl (C=O) groups excluding carboxylic acids is 4. The highest BCUT2D eigenvalue weighted by atomic mass is 32.2. The molecular formula is C33H48F3N5O8S2. The highest BCUT2D eigenvalue weighted by Gasteiger charge is 2.39. The SMILES string of the molecule is CCO[C@H](C[C@H](C(C)C)N(C)C(=O)[C@@H](NC(=O)OC(C)(C)C)[C@@H](C)CC)c1nc(C(=O)NS(=O)(=O)Cc2cccc(NC(=O)C(F)(F)F)c2)cs1. The molecule has 1 heterocycles. The fourth-order valence-corrected chi connectivity index (χ4v) is 6.91. The fraction of sp³-hybridized carbons (Fsp3) is 0.606. The van der Waals surface area contributed by atoms with Gasteiger partial charge < -0.3 is 25.0 Å². The van der Waals surface area contributed by atoms with Gasteiger partial charge in [-0.15, -0.1) is 11.3 Å². The second-order valence-corrected chi connectivity index (χ2v) is 16.0. The Hall–Kier alpha value is -3.77. The number of rotatable bonds is 16. The Morgan fingerprint density at radius 2 is 1.71 bits per heavy atom. The Labute approximate surface area is 301 Å². The van der Waals surface area contributed by atoms with Crippen LogP contribution in [0.3, 0.4) is 0 Å². The molecule has 51 heavy (non-hydrogen) atoms. The Morgan fingerprint density at radius 1 is 1.06 bits per heavy atom. The average molecular weight is 764 g/mol. The van der Waals surface area contributed by atoms with E-state index < -0.39 is 63.6 Å². The maximum Gasteiger partial charge on any atom is 0.471 e. The van der Waals surface area contributed by atoms with E-state index in [4.69, 9.17) is 9.47 Å². The first-order chi connectivity index (χ1) is 23.5. The summed E-state index contributed by atoms with van der Waals surface area (Å²) in [6.45, 7) is 14.9. The molecule has 0 fully saturated rings. The lowest BCUT2D eigenvalue weighted by Gasteiger charge is -2.37. The molecule has 0 bridgehead atoms. The smallest absolute Gasteiger partial charge is 0.444 e. The Bertz CT molecular complexity index is 1630. The van der Waals surface area contributed by atoms with E-state index in [1.165, 1.54) is 17.5 Å². The van der Waals surface area contributed by atoms with Gasteiger partial charge in [0.15, 0.2) is 0 Å². The Balaban J connectivity index is 2.22. The number of alkyl halides is 3. The molecule has 0 spiro atoms. The van der Waals surface area contributed by atoms with Gasteiger partial charge in [0, 0.05) is 37.2 Å². The molecule has 0 saturated heterocycles. The molecule has 0 saturated carbocycles. The van der Waals surface area contributed by atoms with Crippen LogP contribution in [0.25, 0.3) is 0 Å². The number of anilines is 1. The van der Waals surface area contributed by atoms with E-state index in [0.717, 1.165) is 23.5 Å². The standard InChI is InChI=1S/C33H48F3N5O8S2/c1-10-20(5)26(39-31(45)49-32(6,7)8)29(43)41(9)24(19(3)4)16-25(48-11-2)28-38-23(17-50-28)27(42)40-51(46,47)18-21-13-12-14-22(15-21)37-30(44)33(34,35)36/h12-15,17,19-20,24-26H,10-11,16,18H2,1-9H3,(H,37,44)(H,39,45)(H,40,42)/t20-,24+,25+,26-/m0/s1. The second-order valence-electron chi connectivity index (χ2n) is 13.4. The van der Waals surface area contributed by atoms with Gasteiger partial charge in [-0.05, 0) is 57.2 Å². The lowest BCUT2D eigenvalue weighted by molar-refractivity contribution is -0.167. The van der Waals surface area contributed by atoms with E-state index in [-0.39, 0.29) is 47.7 Å². The predicted octanol–water partition coefficient (Wildman–Crippen LogP) is 5.79. The molecular weight excluding hydrogens is 716 g/mol. The van der Waals surface area contributed by atoms with Gasteiger partial charge in [0.2, 0.25) is 15.9 Å². The number of ether oxygens (including phenoxy) is 2. The zero-order chi connectivity index (χ0) is 38.9. The van der Waals surface area contributed by atoms with Gasteiger partial charge in [0.1, 0.15) is 28.4 Å². The van der Waals surface area contributed by atoms with Crippen LogP contribution in [-0.2, 0) is 34.8 Å². The quantitative estimate of drug-likeness (QED) is 0.191. The van der Waals surface area contributed by atoms with Crippen molar-refractivity contribution in [3.63, 3.8) is 0 Å². The average Bonchev–Trinajstić information content (AvgIpc) is 3.49. The van der Waals surface area contributed by atoms with Crippen LogP contribution in [0.2, 0.25) is 0 Å². The first kappa shape index (κ1) is 43.4. The van der Waals surface area contributed by atoms with Crippen LogP contribution in [0, 0.1) is 11.8 Å². The number of sulfonamides is 1. The molecule has 286 valence electrons. The van der Waals surface area contributed by atoms with Crippen LogP contribution in [0.5, 0.6) is 0 Å². The third-order valence-electron chi connectivity index (χ3n) is 7.67. The van der Waals surface area contributed by atoms with Crippen molar-refractivity contribution >= 4 is 50.9 Å². The normalized spacial score (nSPS) is 14.6. The van der Waals surface area contributed by atoms with E-state index in [9.17, 15) is 40.8 Å². The highest BCUT2D eigenvalue weighted by molar-refractivity contribution is 7.89. The molecule has 18 heteroatoms. The molecule has 4 atom stereocenters. The molecule has 0 unspecified atom stereocenters. The number of hydrogen-bond donors (Lipinski definition) is 3. The lowest BCUT2D eigenvalue weighted by Crippen LogP contribution is -2.54. The van der Waals surface area contributed by atoms with Crippen molar-refractivity contribution in [2.24, 2.45) is 11.8 Å². The third kappa shape index (κ3) is 13.7. The molecule has 1 aromatic heterocycles. The zero-order valence-electron chi connectivity index (χ0n) is 30.2. The molecule has 4 amide bonds. The number of nitrogens with zero attached hydrogens (tertiary/aromatic N) is 2. The number of alkyl carbamates (subject to hydrolysis) is 1. The van der Waals surface area contributed by atoms with E-state index in [0.29, 0.717) is 11.4 Å². The first-order valence-corrected chi connectivity index (χ1v) is 18.9. The highest BCUT2D eigenvalue weighted by Crippen LogP contribution is 2.31. The lowest BCUT2D eigenvalue weighted by atomic mass is 9.93. The summed E-state index contributed by atoms with van der Waals surface area (Å²) >= 11 is 1.07. The van der Waals surface area contributed by atoms with Crippen LogP contribution in [0.4, 0.5) is 23.7 Å². The van der Waals surface area contributed by atoms with Crippen LogP contribution < -0.4 is 15.4 Å². The van der Waals surface area contributed by atoms with Crippen molar-refractivity contribution in [1.29, 1.82) is 0 Å². The van der Waals surface area contributed by atoms with Crippen LogP contribution in [-0.4, -0.2) is 79.6 Å². The summed E-state index contributed by atoms with van der Waals surface area (Å²) in [7, 11) is -2.70. The topological polar surface area (TPSA) is 173 Å². The number of thiazole rings is 1. The molecule has 2 rings (SSSR count). The van der Waals surface area contributed by atoms with E-state index in [2.05, 4.69) is 10.3 Å². The summed E-state index contributed by atoms with van der Waals surface area (Å²) in [6, 6.07) is 3.52. The third-order valence-corrected chi connectivity index (χ3v) is 9.81. The minimum absolute atomic E-state index is 0.0147. The van der Waals surface area contributed by atoms with E-state index in [1.54, 1.807) is 45.0 Å². The number of carbonyl (C=O) groups is 4. The van der Waals surface area contributed by atoms with Crippen molar-refractivity contribution in [2.45, 2.75) is 104 Å². The van der Waals surface area contributed by atoms with Crippen LogP contribution in [0.15, 0.2) is 29.6 Å². The Morgan fingerprint density at radius 3 is 2.25 bits per heavy atom. The van der Waals surface area contributed by atoms with Gasteiger partial charge >= 0.3 is 18.2 Å². The molecule has 2 aromatic rings. The molecule has 0 radical (unpaired) electrons. The van der Waals surface area contributed by atoms with E-state index in [1.807, 2.05) is 32.4 Å². The van der Waals surface area contributed by atoms with Gasteiger partial charge in [-0.2, -0.15) is 13.2 Å². The summed E-state index contributed by atoms with van der Waals surface area (Å²) in [5, 5.41) is 6.11. The van der Waals surface area contributed by atoms with Crippen molar-refractivity contribution in [1.82, 2.24) is 19.9 Å². The monoisotopic (exact) mass is 763 g/mol. The number of aromatic nitrogens is 1. The number of benzene rings is 1. The first-order valence-electron chi connectivity index (χ1n) is 16.3. The summed E-state index contributed by atoms with van der Waals surface area (Å²) in [5.41, 5.74) is -1.23. The van der Waals surface area contributed by atoms with E-state index >= 15 is 0 Å². The van der Waals surface area contributed by atoms with Gasteiger partial charge in [0.25, 0.3) is 5.91 Å². The molecule has 0 aliphatic carbocycles. The fourth-order valence-electron chi connectivity index (χ4n) is 4.97. The maximum absolute atomic E-state index is 13.9. The van der Waals surface area contributed by atoms with Crippen LogP contribution in [0.1, 0.15) is 95.4 Å². The summed E-state index contributed by atoms with van der Waals surface area (Å²) < 4.78 is 76.8. The van der Waals surface area contributed by atoms with Crippen molar-refractivity contribution in [3.8, 4) is 0 Å². The minimum atomic E-state index is -5.14. The largest absolute Gasteiger partial charge is 0.471 e. The summed E-state index contributed by atoms with van der Waals surface area (Å²) in [4.78, 5) is 56.6. The number of nitrogens with one attached hydrogen (secondary N) is 3. The molecule has 3 N–H and O–H groups in total. The molecule has 13 nitrogen and oxygen atoms in total. The molecule has 0 aliphatic heterocycles. The van der Waals surface area contributed by atoms with Gasteiger partial charge in [0.05, 0.1) is 5.75 Å². The predicted molar refractivity (Wildman–Crippen MR) is 186 cm³/mol. The zero-order valence-corrected chi connectivity index (χ0v) is 31.8. The Kier molecular flexibility index (Phi) is 15.4. The molecule has 0 aliphatic rings. The van der Waals surface area contributed by atoms with Crippen molar-refractivity contribution in [2.75, 3.05) is 19.0 Å². The maximum atomic E-state index is 13.9. The van der Waals surface area contributed by atoms with Gasteiger partial charge in [-0.3, -0.25) is 14.4 Å². The van der Waals surface area contributed by atoms with Gasteiger partial charge in [-0.25, -0.2) is 22.9 Å². The number of hydrogen-bond acceptors (Lipinski definition) is 10. The van der Waals surface area contributed by atoms with Crippen molar-refractivity contribution < 1.29 is 50.2 Å². The second kappa shape index (κ2) is 18.1. The van der Waals surface area contributed by atoms with Crippen LogP contribution >= 0.6 is 11.3 Å². The van der Waals surface area contributed by atoms with Gasteiger partial charge in [-0.1, -0.05) is 46.2 Å².